The molecule has 1 aromatic carbocycles. The molecule has 15 heteroatoms. The maximum Gasteiger partial charge on any atom is 0.365 e. The molecule has 0 saturated carbocycles. The second-order valence-electron chi connectivity index (χ2n) is 8.60. The highest BCUT2D eigenvalue weighted by Gasteiger charge is 2.52. The van der Waals surface area contributed by atoms with Gasteiger partial charge in [-0.25, -0.2) is 9.88 Å². The number of halogens is 1. The van der Waals surface area contributed by atoms with Gasteiger partial charge in [0.25, 0.3) is 5.56 Å². The Morgan fingerprint density at radius 2 is 2.00 bits per heavy atom. The summed E-state index contributed by atoms with van der Waals surface area (Å²) in [5.74, 6) is -0.731. The van der Waals surface area contributed by atoms with Gasteiger partial charge in [-0.3, -0.25) is 19.1 Å². The van der Waals surface area contributed by atoms with Gasteiger partial charge in [-0.2, -0.15) is 0 Å². The third-order valence-corrected chi connectivity index (χ3v) is 7.73. The largest absolute Gasteiger partial charge is 0.465 e. The second kappa shape index (κ2) is 11.4. The first-order valence-corrected chi connectivity index (χ1v) is 14.0. The number of nitrogens with zero attached hydrogens (tertiary/aromatic N) is 1. The smallest absolute Gasteiger partial charge is 0.365 e. The first-order valence-electron chi connectivity index (χ1n) is 11.0. The summed E-state index contributed by atoms with van der Waals surface area (Å²) in [6.07, 6.45) is -1.41. The Labute approximate surface area is 222 Å². The van der Waals surface area contributed by atoms with Crippen molar-refractivity contribution in [2.24, 2.45) is 0 Å². The van der Waals surface area contributed by atoms with Gasteiger partial charge >= 0.3 is 18.3 Å². The van der Waals surface area contributed by atoms with Gasteiger partial charge in [-0.1, -0.05) is 23.7 Å². The number of aliphatic hydroxyl groups is 2. The number of benzene rings is 1. The number of para-hydroxylation sites is 1. The van der Waals surface area contributed by atoms with Gasteiger partial charge in [0.05, 0.1) is 11.1 Å². The molecule has 0 radical (unpaired) electrons. The molecule has 1 fully saturated rings. The van der Waals surface area contributed by atoms with Crippen LogP contribution in [0, 0.1) is 0 Å². The van der Waals surface area contributed by atoms with Crippen molar-refractivity contribution < 1.29 is 33.5 Å². The van der Waals surface area contributed by atoms with Crippen LogP contribution in [-0.2, 0) is 30.6 Å². The van der Waals surface area contributed by atoms with Gasteiger partial charge in [0.15, 0.2) is 11.4 Å². The van der Waals surface area contributed by atoms with Gasteiger partial charge in [0, 0.05) is 24.1 Å². The van der Waals surface area contributed by atoms with Crippen molar-refractivity contribution in [3.8, 4) is 5.75 Å². The molecule has 1 aromatic heterocycles. The average molecular weight is 576 g/mol. The molecular weight excluding hydrogens is 549 g/mol. The Hall–Kier alpha value is -2.67. The molecule has 37 heavy (non-hydrogen) atoms. The van der Waals surface area contributed by atoms with E-state index in [1.165, 1.54) is 13.8 Å². The fourth-order valence-electron chi connectivity index (χ4n) is 3.25. The highest BCUT2D eigenvalue weighted by molar-refractivity contribution is 8.09. The molecule has 2 aromatic rings. The van der Waals surface area contributed by atoms with E-state index in [0.29, 0.717) is 0 Å². The molecule has 3 rings (SSSR count). The predicted molar refractivity (Wildman–Crippen MR) is 137 cm³/mol. The number of aromatic nitrogens is 2. The van der Waals surface area contributed by atoms with E-state index < -0.39 is 47.8 Å². The van der Waals surface area contributed by atoms with Gasteiger partial charge in [0.2, 0.25) is 6.23 Å². The molecule has 2 unspecified atom stereocenters. The van der Waals surface area contributed by atoms with Crippen LogP contribution in [0.1, 0.15) is 33.9 Å². The molecule has 1 aliphatic rings. The van der Waals surface area contributed by atoms with Crippen LogP contribution in [-0.4, -0.2) is 49.6 Å². The molecule has 12 nitrogen and oxygen atoms in total. The number of rotatable bonds is 9. The van der Waals surface area contributed by atoms with Crippen LogP contribution < -0.4 is 20.9 Å². The standard InChI is InChI=1S/C22H27ClN3O9PS/c1-12(2)33-19(29)13(3)25-36(37,35-15-8-6-5-7-14(15)23)32-11-16-18(28)22(4,31)20(34-16)26-10-9-17(27)24-21(26)30/h5-13,18,20,28,31H,1-4H3,(H,25,37)(H,24,27,30)/b16-11+/t13?,18-,20-,22-,36?/m1/s1. The highest BCUT2D eigenvalue weighted by atomic mass is 35.5. The lowest BCUT2D eigenvalue weighted by molar-refractivity contribution is -0.149. The van der Waals surface area contributed by atoms with Crippen molar-refractivity contribution in [3.63, 3.8) is 0 Å². The molecule has 5 atom stereocenters. The number of aromatic amines is 1. The number of aliphatic hydroxyl groups excluding tert-OH is 1. The molecule has 0 spiro atoms. The summed E-state index contributed by atoms with van der Waals surface area (Å²) in [5.41, 5.74) is -3.52. The quantitative estimate of drug-likeness (QED) is 0.196. The van der Waals surface area contributed by atoms with E-state index >= 15 is 0 Å². The number of carbonyl (C=O) groups is 1. The zero-order valence-corrected chi connectivity index (χ0v) is 22.8. The Morgan fingerprint density at radius 3 is 2.62 bits per heavy atom. The van der Waals surface area contributed by atoms with E-state index in [-0.39, 0.29) is 22.6 Å². The molecule has 1 saturated heterocycles. The predicted octanol–water partition coefficient (Wildman–Crippen LogP) is 1.92. The first-order chi connectivity index (χ1) is 17.2. The van der Waals surface area contributed by atoms with Crippen LogP contribution in [0.25, 0.3) is 0 Å². The van der Waals surface area contributed by atoms with Crippen molar-refractivity contribution in [1.29, 1.82) is 0 Å². The third-order valence-electron chi connectivity index (χ3n) is 5.09. The summed E-state index contributed by atoms with van der Waals surface area (Å²) in [5, 5.41) is 24.6. The molecule has 1 aliphatic heterocycles. The van der Waals surface area contributed by atoms with Crippen LogP contribution in [0.4, 0.5) is 0 Å². The minimum atomic E-state index is -3.62. The number of esters is 1. The second-order valence-corrected chi connectivity index (χ2v) is 12.1. The summed E-state index contributed by atoms with van der Waals surface area (Å²) in [6.45, 7) is 2.50. The maximum atomic E-state index is 12.4. The zero-order chi connectivity index (χ0) is 27.5. The minimum Gasteiger partial charge on any atom is -0.465 e. The van der Waals surface area contributed by atoms with Crippen LogP contribution >= 0.6 is 18.2 Å². The third kappa shape index (κ3) is 6.81. The maximum absolute atomic E-state index is 12.4. The van der Waals surface area contributed by atoms with E-state index in [1.54, 1.807) is 38.1 Å². The Morgan fingerprint density at radius 1 is 1.32 bits per heavy atom. The summed E-state index contributed by atoms with van der Waals surface area (Å²) in [4.78, 5) is 38.1. The number of hydrogen-bond donors (Lipinski definition) is 4. The molecular formula is C22H27ClN3O9PS. The Balaban J connectivity index is 1.91. The Bertz CT molecular complexity index is 1340. The van der Waals surface area contributed by atoms with Crippen molar-refractivity contribution >= 4 is 36.0 Å². The molecule has 0 amide bonds. The van der Waals surface area contributed by atoms with Crippen molar-refractivity contribution in [2.45, 2.75) is 57.8 Å². The minimum absolute atomic E-state index is 0.167. The van der Waals surface area contributed by atoms with E-state index in [9.17, 15) is 24.6 Å². The summed E-state index contributed by atoms with van der Waals surface area (Å²) in [7, 11) is 0. The van der Waals surface area contributed by atoms with Gasteiger partial charge in [0.1, 0.15) is 24.2 Å². The lowest BCUT2D eigenvalue weighted by Gasteiger charge is -2.26. The molecule has 0 bridgehead atoms. The molecule has 0 aliphatic carbocycles. The average Bonchev–Trinajstić information content (AvgIpc) is 3.02. The molecule has 4 N–H and O–H groups in total. The van der Waals surface area contributed by atoms with E-state index in [1.807, 2.05) is 4.98 Å². The van der Waals surface area contributed by atoms with Crippen molar-refractivity contribution in [1.82, 2.24) is 14.6 Å². The number of carbonyl (C=O) groups excluding carboxylic acids is 1. The van der Waals surface area contributed by atoms with E-state index in [4.69, 9.17) is 41.9 Å². The number of ether oxygens (including phenoxy) is 2. The van der Waals surface area contributed by atoms with Crippen LogP contribution in [0.5, 0.6) is 5.75 Å². The zero-order valence-electron chi connectivity index (χ0n) is 20.3. The topological polar surface area (TPSA) is 161 Å². The molecule has 2 heterocycles. The van der Waals surface area contributed by atoms with Crippen molar-refractivity contribution in [3.05, 3.63) is 74.4 Å². The van der Waals surface area contributed by atoms with E-state index in [2.05, 4.69) is 5.09 Å². The first kappa shape index (κ1) is 28.9. The van der Waals surface area contributed by atoms with Crippen molar-refractivity contribution in [2.75, 3.05) is 0 Å². The number of hydrogen-bond acceptors (Lipinski definition) is 10. The number of nitrogens with one attached hydrogen (secondary N) is 2. The number of H-pyrrole nitrogens is 1. The van der Waals surface area contributed by atoms with Crippen LogP contribution in [0.2, 0.25) is 5.02 Å². The Kier molecular flexibility index (Phi) is 8.89. The van der Waals surface area contributed by atoms with Gasteiger partial charge in [-0.15, -0.1) is 0 Å². The lowest BCUT2D eigenvalue weighted by Crippen LogP contribution is -2.45. The van der Waals surface area contributed by atoms with Crippen LogP contribution in [0.3, 0.4) is 0 Å². The summed E-state index contributed by atoms with van der Waals surface area (Å²) in [6, 6.07) is 6.55. The van der Waals surface area contributed by atoms with Crippen LogP contribution in [0.15, 0.2) is 58.1 Å². The van der Waals surface area contributed by atoms with E-state index in [0.717, 1.165) is 23.1 Å². The van der Waals surface area contributed by atoms with Gasteiger partial charge < -0.3 is 28.7 Å². The summed E-state index contributed by atoms with van der Waals surface area (Å²) < 4.78 is 23.3. The normalized spacial score (nSPS) is 24.8. The lowest BCUT2D eigenvalue weighted by atomic mass is 9.99. The molecule has 202 valence electrons. The monoisotopic (exact) mass is 575 g/mol. The fourth-order valence-corrected chi connectivity index (χ4v) is 5.72. The SMILES string of the molecule is CC(C)OC(=O)C(C)NP(=S)(O/C=C1/O[C@@H](n2ccc(=O)[nH]c2=O)[C@](C)(O)[C@@H]1O)Oc1ccccc1Cl. The fraction of sp³-hybridized carbons (Fsp3) is 0.409. The summed E-state index contributed by atoms with van der Waals surface area (Å²) >= 11 is 11.8. The highest BCUT2D eigenvalue weighted by Crippen LogP contribution is 2.49. The van der Waals surface area contributed by atoms with Gasteiger partial charge in [-0.05, 0) is 39.8 Å².